The number of nitrogen functional groups attached to an aromatic ring is 1. The zero-order valence-electron chi connectivity index (χ0n) is 14.2. The summed E-state index contributed by atoms with van der Waals surface area (Å²) in [5.41, 5.74) is 9.30. The summed E-state index contributed by atoms with van der Waals surface area (Å²) in [4.78, 5) is 4.29. The van der Waals surface area contributed by atoms with E-state index >= 15 is 0 Å². The van der Waals surface area contributed by atoms with Gasteiger partial charge in [-0.1, -0.05) is 42.5 Å². The molecule has 0 amide bonds. The van der Waals surface area contributed by atoms with Crippen molar-refractivity contribution in [1.29, 1.82) is 15.8 Å². The standard InChI is InChI=1S/C21H13N5S/c22-10-14-5-4-6-15(9-14)13-27-21-18(12-24)19(16-7-2-1-3-8-16)17(11-23)20(25)26-21/h1-9H,13H2,(H2,25,26). The van der Waals surface area contributed by atoms with E-state index in [1.807, 2.05) is 42.5 Å². The Kier molecular flexibility index (Phi) is 5.38. The number of thioether (sulfide) groups is 1. The van der Waals surface area contributed by atoms with Gasteiger partial charge in [-0.25, -0.2) is 4.98 Å². The van der Waals surface area contributed by atoms with Crippen LogP contribution in [0.3, 0.4) is 0 Å². The van der Waals surface area contributed by atoms with Crippen molar-refractivity contribution in [2.24, 2.45) is 0 Å². The van der Waals surface area contributed by atoms with Gasteiger partial charge < -0.3 is 5.73 Å². The minimum Gasteiger partial charge on any atom is -0.383 e. The maximum absolute atomic E-state index is 9.75. The molecule has 0 saturated carbocycles. The van der Waals surface area contributed by atoms with Gasteiger partial charge in [0.2, 0.25) is 0 Å². The maximum atomic E-state index is 9.75. The van der Waals surface area contributed by atoms with Crippen molar-refractivity contribution >= 4 is 17.6 Å². The van der Waals surface area contributed by atoms with Gasteiger partial charge in [-0.3, -0.25) is 0 Å². The highest BCUT2D eigenvalue weighted by Crippen LogP contribution is 2.36. The highest BCUT2D eigenvalue weighted by atomic mass is 32.2. The molecule has 0 aliphatic carbocycles. The van der Waals surface area contributed by atoms with E-state index in [0.717, 1.165) is 11.1 Å². The minimum absolute atomic E-state index is 0.101. The van der Waals surface area contributed by atoms with Crippen LogP contribution in [0.25, 0.3) is 11.1 Å². The third-order valence-corrected chi connectivity index (χ3v) is 4.96. The number of benzene rings is 2. The smallest absolute Gasteiger partial charge is 0.143 e. The lowest BCUT2D eigenvalue weighted by Gasteiger charge is -2.13. The van der Waals surface area contributed by atoms with E-state index in [1.54, 1.807) is 12.1 Å². The van der Waals surface area contributed by atoms with Crippen LogP contribution in [0.15, 0.2) is 59.6 Å². The van der Waals surface area contributed by atoms with Gasteiger partial charge in [0.05, 0.1) is 17.2 Å². The summed E-state index contributed by atoms with van der Waals surface area (Å²) < 4.78 is 0. The lowest BCUT2D eigenvalue weighted by molar-refractivity contribution is 1.11. The molecule has 1 aromatic heterocycles. The number of nitrogens with zero attached hydrogens (tertiary/aromatic N) is 4. The number of pyridine rings is 1. The van der Waals surface area contributed by atoms with Crippen molar-refractivity contribution in [3.63, 3.8) is 0 Å². The monoisotopic (exact) mass is 367 g/mol. The third-order valence-electron chi connectivity index (χ3n) is 3.91. The van der Waals surface area contributed by atoms with Crippen LogP contribution >= 0.6 is 11.8 Å². The van der Waals surface area contributed by atoms with Crippen LogP contribution in [0.1, 0.15) is 22.3 Å². The molecule has 2 aromatic carbocycles. The van der Waals surface area contributed by atoms with Crippen LogP contribution in [-0.4, -0.2) is 4.98 Å². The fraction of sp³-hybridized carbons (Fsp3) is 0.0476. The number of nitriles is 3. The van der Waals surface area contributed by atoms with Crippen molar-refractivity contribution in [2.45, 2.75) is 10.8 Å². The molecule has 0 bridgehead atoms. The van der Waals surface area contributed by atoms with Gasteiger partial charge in [0.1, 0.15) is 28.5 Å². The van der Waals surface area contributed by atoms with Gasteiger partial charge in [-0.15, -0.1) is 11.8 Å². The molecule has 0 radical (unpaired) electrons. The van der Waals surface area contributed by atoms with E-state index in [4.69, 9.17) is 11.0 Å². The normalized spacial score (nSPS) is 9.81. The van der Waals surface area contributed by atoms with Gasteiger partial charge >= 0.3 is 0 Å². The Morgan fingerprint density at radius 1 is 0.889 bits per heavy atom. The molecule has 0 aliphatic heterocycles. The largest absolute Gasteiger partial charge is 0.383 e. The Bertz CT molecular complexity index is 1120. The van der Waals surface area contributed by atoms with E-state index in [1.165, 1.54) is 11.8 Å². The summed E-state index contributed by atoms with van der Waals surface area (Å²) >= 11 is 1.35. The molecule has 0 unspecified atom stereocenters. The first kappa shape index (κ1) is 18.0. The zero-order valence-corrected chi connectivity index (χ0v) is 15.0. The van der Waals surface area contributed by atoms with E-state index in [-0.39, 0.29) is 11.4 Å². The number of rotatable bonds is 4. The van der Waals surface area contributed by atoms with Gasteiger partial charge in [0, 0.05) is 11.3 Å². The number of hydrogen-bond acceptors (Lipinski definition) is 6. The highest BCUT2D eigenvalue weighted by molar-refractivity contribution is 7.98. The zero-order chi connectivity index (χ0) is 19.2. The topological polar surface area (TPSA) is 110 Å². The van der Waals surface area contributed by atoms with Gasteiger partial charge in [-0.05, 0) is 23.3 Å². The first-order valence-corrected chi connectivity index (χ1v) is 8.97. The highest BCUT2D eigenvalue weighted by Gasteiger charge is 2.20. The molecule has 0 spiro atoms. The van der Waals surface area contributed by atoms with E-state index in [2.05, 4.69) is 23.2 Å². The Morgan fingerprint density at radius 3 is 2.30 bits per heavy atom. The first-order chi connectivity index (χ1) is 13.2. The number of anilines is 1. The lowest BCUT2D eigenvalue weighted by atomic mass is 9.97. The van der Waals surface area contributed by atoms with Crippen LogP contribution in [0.2, 0.25) is 0 Å². The molecule has 128 valence electrons. The molecule has 2 N–H and O–H groups in total. The Labute approximate surface area is 161 Å². The average molecular weight is 367 g/mol. The fourth-order valence-corrected chi connectivity index (χ4v) is 3.62. The van der Waals surface area contributed by atoms with Crippen LogP contribution in [0.5, 0.6) is 0 Å². The van der Waals surface area contributed by atoms with Gasteiger partial charge in [-0.2, -0.15) is 15.8 Å². The van der Waals surface area contributed by atoms with Crippen LogP contribution in [0, 0.1) is 34.0 Å². The van der Waals surface area contributed by atoms with E-state index in [0.29, 0.717) is 27.5 Å². The van der Waals surface area contributed by atoms with Gasteiger partial charge in [0.25, 0.3) is 0 Å². The Hall–Kier alpha value is -3.79. The summed E-state index contributed by atoms with van der Waals surface area (Å²) in [5.74, 6) is 0.625. The molecule has 0 aliphatic rings. The predicted molar refractivity (Wildman–Crippen MR) is 104 cm³/mol. The molecule has 0 atom stereocenters. The maximum Gasteiger partial charge on any atom is 0.143 e. The summed E-state index contributed by atoms with van der Waals surface area (Å²) in [6.45, 7) is 0. The summed E-state index contributed by atoms with van der Waals surface area (Å²) in [6.07, 6.45) is 0. The molecule has 0 saturated heterocycles. The van der Waals surface area contributed by atoms with Crippen molar-refractivity contribution in [1.82, 2.24) is 4.98 Å². The molecule has 6 heteroatoms. The van der Waals surface area contributed by atoms with Crippen molar-refractivity contribution in [2.75, 3.05) is 5.73 Å². The fourth-order valence-electron chi connectivity index (χ4n) is 2.68. The Balaban J connectivity index is 2.06. The van der Waals surface area contributed by atoms with E-state index in [9.17, 15) is 10.5 Å². The van der Waals surface area contributed by atoms with Crippen molar-refractivity contribution in [3.8, 4) is 29.3 Å². The van der Waals surface area contributed by atoms with Crippen LogP contribution in [-0.2, 0) is 5.75 Å². The molecule has 1 heterocycles. The summed E-state index contributed by atoms with van der Waals surface area (Å²) in [7, 11) is 0. The second-order valence-corrected chi connectivity index (χ2v) is 6.58. The van der Waals surface area contributed by atoms with Crippen LogP contribution < -0.4 is 5.73 Å². The molecule has 3 aromatic rings. The molecular formula is C21H13N5S. The Morgan fingerprint density at radius 2 is 1.63 bits per heavy atom. The second kappa shape index (κ2) is 8.06. The van der Waals surface area contributed by atoms with Crippen molar-refractivity contribution in [3.05, 3.63) is 76.9 Å². The number of aromatic nitrogens is 1. The summed E-state index contributed by atoms with van der Waals surface area (Å²) in [6, 6.07) is 22.8. The summed E-state index contributed by atoms with van der Waals surface area (Å²) in [5, 5.41) is 28.8. The molecule has 5 nitrogen and oxygen atoms in total. The average Bonchev–Trinajstić information content (AvgIpc) is 2.72. The first-order valence-electron chi connectivity index (χ1n) is 7.99. The second-order valence-electron chi connectivity index (χ2n) is 5.62. The van der Waals surface area contributed by atoms with Crippen LogP contribution in [0.4, 0.5) is 5.82 Å². The molecular weight excluding hydrogens is 354 g/mol. The number of hydrogen-bond donors (Lipinski definition) is 1. The third kappa shape index (κ3) is 3.75. The lowest BCUT2D eigenvalue weighted by Crippen LogP contribution is -2.03. The van der Waals surface area contributed by atoms with E-state index < -0.39 is 0 Å². The SMILES string of the molecule is N#Cc1cccc(CSc2nc(N)c(C#N)c(-c3ccccc3)c2C#N)c1. The van der Waals surface area contributed by atoms with Gasteiger partial charge in [0.15, 0.2) is 0 Å². The molecule has 3 rings (SSSR count). The quantitative estimate of drug-likeness (QED) is 0.691. The predicted octanol–water partition coefficient (Wildman–Crippen LogP) is 4.24. The number of nitrogens with two attached hydrogens (primary N) is 1. The van der Waals surface area contributed by atoms with Crippen molar-refractivity contribution < 1.29 is 0 Å². The molecule has 0 fully saturated rings. The molecule has 27 heavy (non-hydrogen) atoms. The minimum atomic E-state index is 0.101.